The van der Waals surface area contributed by atoms with Gasteiger partial charge in [-0.25, -0.2) is 4.98 Å². The Kier molecular flexibility index (Phi) is 6.00. The van der Waals surface area contributed by atoms with Crippen LogP contribution in [0.2, 0.25) is 0 Å². The molecule has 0 aliphatic carbocycles. The Morgan fingerprint density at radius 3 is 2.92 bits per heavy atom. The van der Waals surface area contributed by atoms with Crippen molar-refractivity contribution < 1.29 is 14.2 Å². The van der Waals surface area contributed by atoms with Crippen LogP contribution >= 0.6 is 0 Å². The van der Waals surface area contributed by atoms with Gasteiger partial charge in [-0.2, -0.15) is 5.10 Å². The Balaban J connectivity index is 1.66. The fourth-order valence-corrected chi connectivity index (χ4v) is 2.90. The first-order valence-corrected chi connectivity index (χ1v) is 8.57. The molecule has 1 aliphatic heterocycles. The van der Waals surface area contributed by atoms with Crippen molar-refractivity contribution in [3.8, 4) is 22.8 Å². The highest BCUT2D eigenvalue weighted by molar-refractivity contribution is 5.68. The van der Waals surface area contributed by atoms with E-state index in [9.17, 15) is 0 Å². The van der Waals surface area contributed by atoms with Crippen molar-refractivity contribution in [1.29, 1.82) is 0 Å². The van der Waals surface area contributed by atoms with Gasteiger partial charge in [0.25, 0.3) is 0 Å². The standard InChI is InChI=1S/C18H24N4O3/c1-23-14-6-7-15(17(11-14)24-2)16-12-20-22-18(21-16)19-9-8-13-5-3-4-10-25-13/h6-7,11-13H,3-5,8-10H2,1-2H3,(H,19,21,22). The van der Waals surface area contributed by atoms with Gasteiger partial charge in [-0.1, -0.05) is 0 Å². The lowest BCUT2D eigenvalue weighted by Gasteiger charge is -2.22. The summed E-state index contributed by atoms with van der Waals surface area (Å²) in [6.45, 7) is 1.63. The van der Waals surface area contributed by atoms with Gasteiger partial charge in [-0.15, -0.1) is 5.10 Å². The average molecular weight is 344 g/mol. The molecule has 7 nitrogen and oxygen atoms in total. The molecule has 134 valence electrons. The summed E-state index contributed by atoms with van der Waals surface area (Å²) in [6, 6.07) is 5.60. The number of nitrogens with one attached hydrogen (secondary N) is 1. The zero-order valence-electron chi connectivity index (χ0n) is 14.7. The largest absolute Gasteiger partial charge is 0.497 e. The van der Waals surface area contributed by atoms with E-state index >= 15 is 0 Å². The van der Waals surface area contributed by atoms with E-state index in [1.807, 2.05) is 18.2 Å². The van der Waals surface area contributed by atoms with Gasteiger partial charge in [0.05, 0.1) is 32.2 Å². The monoisotopic (exact) mass is 344 g/mol. The molecular weight excluding hydrogens is 320 g/mol. The Labute approximate surface area is 147 Å². The molecule has 1 unspecified atom stereocenters. The fourth-order valence-electron chi connectivity index (χ4n) is 2.90. The van der Waals surface area contributed by atoms with Crippen molar-refractivity contribution in [2.75, 3.05) is 32.7 Å². The molecule has 1 aliphatic rings. The van der Waals surface area contributed by atoms with Crippen molar-refractivity contribution in [3.63, 3.8) is 0 Å². The molecule has 1 N–H and O–H groups in total. The Morgan fingerprint density at radius 2 is 2.16 bits per heavy atom. The normalized spacial score (nSPS) is 17.1. The van der Waals surface area contributed by atoms with Crippen LogP contribution in [-0.4, -0.2) is 48.7 Å². The number of anilines is 1. The minimum atomic E-state index is 0.332. The lowest BCUT2D eigenvalue weighted by atomic mass is 10.1. The molecule has 0 amide bonds. The van der Waals surface area contributed by atoms with Crippen LogP contribution in [0.3, 0.4) is 0 Å². The van der Waals surface area contributed by atoms with Crippen molar-refractivity contribution in [3.05, 3.63) is 24.4 Å². The number of hydrogen-bond donors (Lipinski definition) is 1. The Morgan fingerprint density at radius 1 is 1.24 bits per heavy atom. The van der Waals surface area contributed by atoms with Crippen LogP contribution < -0.4 is 14.8 Å². The van der Waals surface area contributed by atoms with Crippen molar-refractivity contribution in [2.24, 2.45) is 0 Å². The van der Waals surface area contributed by atoms with Crippen molar-refractivity contribution in [2.45, 2.75) is 31.8 Å². The molecule has 0 bridgehead atoms. The number of benzene rings is 1. The summed E-state index contributed by atoms with van der Waals surface area (Å²) >= 11 is 0. The first-order chi connectivity index (χ1) is 12.3. The smallest absolute Gasteiger partial charge is 0.243 e. The summed E-state index contributed by atoms with van der Waals surface area (Å²) in [5.74, 6) is 1.92. The molecule has 0 spiro atoms. The quantitative estimate of drug-likeness (QED) is 0.827. The summed E-state index contributed by atoms with van der Waals surface area (Å²) in [5.41, 5.74) is 1.54. The van der Waals surface area contributed by atoms with E-state index < -0.39 is 0 Å². The minimum absolute atomic E-state index is 0.332. The van der Waals surface area contributed by atoms with Crippen LogP contribution in [0.5, 0.6) is 11.5 Å². The first kappa shape index (κ1) is 17.4. The van der Waals surface area contributed by atoms with Crippen LogP contribution in [-0.2, 0) is 4.74 Å². The van der Waals surface area contributed by atoms with E-state index in [1.165, 1.54) is 12.8 Å². The van der Waals surface area contributed by atoms with Gasteiger partial charge < -0.3 is 19.5 Å². The maximum absolute atomic E-state index is 5.74. The molecule has 2 aromatic rings. The summed E-state index contributed by atoms with van der Waals surface area (Å²) in [5, 5.41) is 11.3. The number of aromatic nitrogens is 3. The van der Waals surface area contributed by atoms with E-state index in [-0.39, 0.29) is 0 Å². The molecule has 0 saturated carbocycles. The summed E-state index contributed by atoms with van der Waals surface area (Å²) in [4.78, 5) is 4.54. The van der Waals surface area contributed by atoms with Gasteiger partial charge in [0, 0.05) is 24.8 Å². The molecule has 1 fully saturated rings. The van der Waals surface area contributed by atoms with Crippen LogP contribution in [0, 0.1) is 0 Å². The van der Waals surface area contributed by atoms with Gasteiger partial charge in [-0.05, 0) is 37.8 Å². The molecule has 3 rings (SSSR count). The van der Waals surface area contributed by atoms with E-state index in [0.29, 0.717) is 23.5 Å². The second-order valence-corrected chi connectivity index (χ2v) is 5.94. The third-order valence-corrected chi connectivity index (χ3v) is 4.27. The molecule has 1 saturated heterocycles. The second-order valence-electron chi connectivity index (χ2n) is 5.94. The number of rotatable bonds is 7. The molecule has 2 heterocycles. The van der Waals surface area contributed by atoms with Crippen molar-refractivity contribution in [1.82, 2.24) is 15.2 Å². The predicted molar refractivity (Wildman–Crippen MR) is 95.1 cm³/mol. The maximum atomic E-state index is 5.74. The lowest BCUT2D eigenvalue weighted by molar-refractivity contribution is 0.0134. The molecule has 25 heavy (non-hydrogen) atoms. The van der Waals surface area contributed by atoms with Gasteiger partial charge in [0.15, 0.2) is 0 Å². The van der Waals surface area contributed by atoms with Gasteiger partial charge in [0.2, 0.25) is 5.95 Å². The summed E-state index contributed by atoms with van der Waals surface area (Å²) < 4.78 is 16.4. The Bertz CT molecular complexity index is 690. The van der Waals surface area contributed by atoms with E-state index in [0.717, 1.165) is 37.3 Å². The van der Waals surface area contributed by atoms with Crippen LogP contribution in [0.1, 0.15) is 25.7 Å². The number of nitrogens with zero attached hydrogens (tertiary/aromatic N) is 3. The first-order valence-electron chi connectivity index (χ1n) is 8.57. The lowest BCUT2D eigenvalue weighted by Crippen LogP contribution is -2.22. The highest BCUT2D eigenvalue weighted by Gasteiger charge is 2.14. The molecule has 7 heteroatoms. The topological polar surface area (TPSA) is 78.4 Å². The van der Waals surface area contributed by atoms with Crippen LogP contribution in [0.15, 0.2) is 24.4 Å². The third-order valence-electron chi connectivity index (χ3n) is 4.27. The number of methoxy groups -OCH3 is 2. The molecule has 0 radical (unpaired) electrons. The highest BCUT2D eigenvalue weighted by atomic mass is 16.5. The molecular formula is C18H24N4O3. The predicted octanol–water partition coefficient (Wildman–Crippen LogP) is 2.93. The zero-order chi connectivity index (χ0) is 17.5. The zero-order valence-corrected chi connectivity index (χ0v) is 14.7. The highest BCUT2D eigenvalue weighted by Crippen LogP contribution is 2.32. The summed E-state index contributed by atoms with van der Waals surface area (Å²) in [7, 11) is 3.25. The van der Waals surface area contributed by atoms with E-state index in [1.54, 1.807) is 20.4 Å². The summed E-state index contributed by atoms with van der Waals surface area (Å²) in [6.07, 6.45) is 6.44. The van der Waals surface area contributed by atoms with E-state index in [4.69, 9.17) is 14.2 Å². The average Bonchev–Trinajstić information content (AvgIpc) is 2.68. The molecule has 1 aromatic carbocycles. The third kappa shape index (κ3) is 4.57. The SMILES string of the molecule is COc1ccc(-c2cnnc(NCCC3CCCCO3)n2)c(OC)c1. The van der Waals surface area contributed by atoms with Gasteiger partial charge in [0.1, 0.15) is 11.5 Å². The van der Waals surface area contributed by atoms with Gasteiger partial charge in [-0.3, -0.25) is 0 Å². The second kappa shape index (κ2) is 8.62. The van der Waals surface area contributed by atoms with E-state index in [2.05, 4.69) is 20.5 Å². The maximum Gasteiger partial charge on any atom is 0.243 e. The molecule has 1 atom stereocenters. The molecule has 1 aromatic heterocycles. The van der Waals surface area contributed by atoms with Crippen LogP contribution in [0.25, 0.3) is 11.3 Å². The Hall–Kier alpha value is -2.41. The van der Waals surface area contributed by atoms with Crippen LogP contribution in [0.4, 0.5) is 5.95 Å². The van der Waals surface area contributed by atoms with Crippen molar-refractivity contribution >= 4 is 5.95 Å². The van der Waals surface area contributed by atoms with Gasteiger partial charge >= 0.3 is 0 Å². The fraction of sp³-hybridized carbons (Fsp3) is 0.500. The number of ether oxygens (including phenoxy) is 3. The number of hydrogen-bond acceptors (Lipinski definition) is 7. The minimum Gasteiger partial charge on any atom is -0.497 e.